The highest BCUT2D eigenvalue weighted by atomic mass is 79.9. The smallest absolute Gasteiger partial charge is 0.247 e. The van der Waals surface area contributed by atoms with Crippen LogP contribution < -0.4 is 0 Å². The first-order valence-corrected chi connectivity index (χ1v) is 16.4. The summed E-state index contributed by atoms with van der Waals surface area (Å²) < 4.78 is -0.765. The maximum absolute atomic E-state index is 14.6. The Hall–Kier alpha value is -2.10. The summed E-state index contributed by atoms with van der Waals surface area (Å²) >= 11 is 5.50. The summed E-state index contributed by atoms with van der Waals surface area (Å²) in [5.41, 5.74) is 1.00. The summed E-state index contributed by atoms with van der Waals surface area (Å²) in [6.07, 6.45) is 4.60. The Labute approximate surface area is 257 Å². The fraction of sp³-hybridized carbons (Fsp3) is 0.594. The van der Waals surface area contributed by atoms with E-state index in [0.29, 0.717) is 32.5 Å². The van der Waals surface area contributed by atoms with Crippen LogP contribution in [-0.2, 0) is 20.9 Å². The molecule has 9 heteroatoms. The van der Waals surface area contributed by atoms with Gasteiger partial charge in [-0.2, -0.15) is 0 Å². The average Bonchev–Trinajstić information content (AvgIpc) is 3.53. The molecule has 3 heterocycles. The van der Waals surface area contributed by atoms with Crippen molar-refractivity contribution in [3.63, 3.8) is 0 Å². The minimum Gasteiger partial charge on any atom is -0.394 e. The maximum atomic E-state index is 14.6. The van der Waals surface area contributed by atoms with Gasteiger partial charge in [0, 0.05) is 35.8 Å². The molecule has 1 N–H and O–H groups in total. The van der Waals surface area contributed by atoms with E-state index in [9.17, 15) is 19.5 Å². The van der Waals surface area contributed by atoms with Gasteiger partial charge in [0.2, 0.25) is 17.7 Å². The standard InChI is InChI=1S/C32H44BrN3O4S/c1-7-14-34(18-22-12-10-9-11-13-22)29(38)25-26-30(39)36(23(19-37)16-20(3)4)28(31(40)35(15-8-2)21(5)6)32(26)17-24(33)27(25)41-32/h7-13,20-21,23-28,37H,1-2,14-19H2,3-6H3/t23-,24?,25-,26+,27-,28?,32?/m1/s1. The quantitative estimate of drug-likeness (QED) is 0.252. The van der Waals surface area contributed by atoms with Crippen LogP contribution in [0.25, 0.3) is 0 Å². The predicted octanol–water partition coefficient (Wildman–Crippen LogP) is 4.50. The van der Waals surface area contributed by atoms with Crippen molar-refractivity contribution in [3.05, 3.63) is 61.2 Å². The molecule has 3 aliphatic rings. The van der Waals surface area contributed by atoms with E-state index in [4.69, 9.17) is 0 Å². The summed E-state index contributed by atoms with van der Waals surface area (Å²) in [6, 6.07) is 8.45. The van der Waals surface area contributed by atoms with Gasteiger partial charge in [0.25, 0.3) is 0 Å². The van der Waals surface area contributed by atoms with Gasteiger partial charge in [0.1, 0.15) is 6.04 Å². The van der Waals surface area contributed by atoms with Crippen molar-refractivity contribution in [1.29, 1.82) is 0 Å². The van der Waals surface area contributed by atoms with Crippen molar-refractivity contribution in [1.82, 2.24) is 14.7 Å². The molecule has 224 valence electrons. The Bertz CT molecular complexity index is 1150. The zero-order valence-electron chi connectivity index (χ0n) is 24.6. The number of thioether (sulfide) groups is 1. The highest BCUT2D eigenvalue weighted by Crippen LogP contribution is 2.68. The highest BCUT2D eigenvalue weighted by Gasteiger charge is 2.76. The average molecular weight is 647 g/mol. The van der Waals surface area contributed by atoms with E-state index in [0.717, 1.165) is 5.56 Å². The van der Waals surface area contributed by atoms with Crippen LogP contribution in [0.5, 0.6) is 0 Å². The number of rotatable bonds is 13. The third-order valence-corrected chi connectivity index (χ3v) is 11.9. The van der Waals surface area contributed by atoms with E-state index >= 15 is 0 Å². The first kappa shape index (κ1) is 31.8. The fourth-order valence-corrected chi connectivity index (χ4v) is 10.7. The molecule has 3 aliphatic heterocycles. The van der Waals surface area contributed by atoms with Crippen LogP contribution in [0, 0.1) is 17.8 Å². The van der Waals surface area contributed by atoms with Crippen LogP contribution in [-0.4, -0.2) is 90.2 Å². The van der Waals surface area contributed by atoms with E-state index in [2.05, 4.69) is 42.9 Å². The summed E-state index contributed by atoms with van der Waals surface area (Å²) in [4.78, 5) is 48.7. The molecule has 0 aromatic heterocycles. The van der Waals surface area contributed by atoms with E-state index in [1.54, 1.807) is 38.6 Å². The van der Waals surface area contributed by atoms with Crippen molar-refractivity contribution in [2.24, 2.45) is 17.8 Å². The lowest BCUT2D eigenvalue weighted by atomic mass is 9.70. The first-order valence-electron chi connectivity index (χ1n) is 14.6. The number of carbonyl (C=O) groups is 3. The zero-order chi connectivity index (χ0) is 30.1. The number of carbonyl (C=O) groups excluding carboxylic acids is 3. The Balaban J connectivity index is 1.80. The summed E-state index contributed by atoms with van der Waals surface area (Å²) in [7, 11) is 0. The SMILES string of the molecule is C=CCN(Cc1ccccc1)C(=O)[C@H]1[C@@H]2SC3(CC2Br)C(C(=O)N(CC=C)C(C)C)N([C@@H](CO)CC(C)C)C(=O)[C@H]13. The third-order valence-electron chi connectivity index (χ3n) is 8.70. The number of hydrogen-bond acceptors (Lipinski definition) is 5. The van der Waals surface area contributed by atoms with E-state index < -0.39 is 28.7 Å². The second-order valence-electron chi connectivity index (χ2n) is 12.2. The fourth-order valence-electron chi connectivity index (χ4n) is 7.10. The monoisotopic (exact) mass is 645 g/mol. The van der Waals surface area contributed by atoms with Crippen molar-refractivity contribution in [2.75, 3.05) is 19.7 Å². The van der Waals surface area contributed by atoms with Crippen LogP contribution in [0.3, 0.4) is 0 Å². The van der Waals surface area contributed by atoms with Crippen LogP contribution in [0.2, 0.25) is 0 Å². The van der Waals surface area contributed by atoms with Gasteiger partial charge in [-0.1, -0.05) is 72.3 Å². The normalized spacial score (nSPS) is 29.1. The Morgan fingerprint density at radius 3 is 2.37 bits per heavy atom. The van der Waals surface area contributed by atoms with Gasteiger partial charge < -0.3 is 19.8 Å². The van der Waals surface area contributed by atoms with Crippen LogP contribution in [0.1, 0.15) is 46.1 Å². The Kier molecular flexibility index (Phi) is 10.1. The zero-order valence-corrected chi connectivity index (χ0v) is 27.0. The van der Waals surface area contributed by atoms with E-state index in [-0.39, 0.29) is 46.4 Å². The molecular weight excluding hydrogens is 602 g/mol. The van der Waals surface area contributed by atoms with Gasteiger partial charge in [-0.05, 0) is 38.2 Å². The molecule has 3 unspecified atom stereocenters. The number of alkyl halides is 1. The van der Waals surface area contributed by atoms with Crippen molar-refractivity contribution < 1.29 is 19.5 Å². The maximum Gasteiger partial charge on any atom is 0.247 e. The molecule has 7 atom stereocenters. The lowest BCUT2D eigenvalue weighted by Crippen LogP contribution is -2.59. The molecule has 7 nitrogen and oxygen atoms in total. The molecule has 2 bridgehead atoms. The number of nitrogens with zero attached hydrogens (tertiary/aromatic N) is 3. The molecule has 0 saturated carbocycles. The molecule has 1 spiro atoms. The topological polar surface area (TPSA) is 81.2 Å². The molecule has 3 amide bonds. The van der Waals surface area contributed by atoms with Gasteiger partial charge in [-0.15, -0.1) is 24.9 Å². The van der Waals surface area contributed by atoms with Crippen molar-refractivity contribution in [2.45, 2.75) is 80.0 Å². The van der Waals surface area contributed by atoms with Crippen molar-refractivity contribution >= 4 is 45.4 Å². The summed E-state index contributed by atoms with van der Waals surface area (Å²) in [6.45, 7) is 16.7. The molecule has 4 rings (SSSR count). The number of benzene rings is 1. The largest absolute Gasteiger partial charge is 0.394 e. The molecule has 1 aromatic rings. The lowest BCUT2D eigenvalue weighted by molar-refractivity contribution is -0.148. The van der Waals surface area contributed by atoms with E-state index in [1.807, 2.05) is 44.2 Å². The molecule has 0 aliphatic carbocycles. The molecule has 3 saturated heterocycles. The predicted molar refractivity (Wildman–Crippen MR) is 168 cm³/mol. The van der Waals surface area contributed by atoms with Gasteiger partial charge in [0.05, 0.1) is 29.2 Å². The number of fused-ring (bicyclic) bond motifs is 1. The van der Waals surface area contributed by atoms with Gasteiger partial charge >= 0.3 is 0 Å². The summed E-state index contributed by atoms with van der Waals surface area (Å²) in [5.74, 6) is -1.42. The van der Waals surface area contributed by atoms with Gasteiger partial charge in [-0.3, -0.25) is 14.4 Å². The van der Waals surface area contributed by atoms with E-state index in [1.165, 1.54) is 0 Å². The van der Waals surface area contributed by atoms with Gasteiger partial charge in [0.15, 0.2) is 0 Å². The second-order valence-corrected chi connectivity index (χ2v) is 15.0. The third kappa shape index (κ3) is 5.78. The van der Waals surface area contributed by atoms with Crippen molar-refractivity contribution in [3.8, 4) is 0 Å². The highest BCUT2D eigenvalue weighted by molar-refractivity contribution is 9.09. The number of amides is 3. The number of halogens is 1. The molecule has 41 heavy (non-hydrogen) atoms. The first-order chi connectivity index (χ1) is 19.5. The molecular formula is C32H44BrN3O4S. The molecule has 1 aromatic carbocycles. The number of likely N-dealkylation sites (tertiary alicyclic amines) is 1. The van der Waals surface area contributed by atoms with Crippen LogP contribution in [0.15, 0.2) is 55.6 Å². The number of aliphatic hydroxyl groups excluding tert-OH is 1. The second kappa shape index (κ2) is 13.0. The molecule has 0 radical (unpaired) electrons. The molecule has 3 fully saturated rings. The Morgan fingerprint density at radius 1 is 1.15 bits per heavy atom. The minimum absolute atomic E-state index is 0.0207. The Morgan fingerprint density at radius 2 is 1.80 bits per heavy atom. The number of hydrogen-bond donors (Lipinski definition) is 1. The minimum atomic E-state index is -0.770. The lowest BCUT2D eigenvalue weighted by Gasteiger charge is -2.41. The van der Waals surface area contributed by atoms with Crippen LogP contribution in [0.4, 0.5) is 0 Å². The summed E-state index contributed by atoms with van der Waals surface area (Å²) in [5, 5.41) is 10.4. The van der Waals surface area contributed by atoms with Crippen LogP contribution >= 0.6 is 27.7 Å². The van der Waals surface area contributed by atoms with Gasteiger partial charge in [-0.25, -0.2) is 0 Å². The number of aliphatic hydroxyl groups is 1.